The molecule has 2 fully saturated rings. The smallest absolute Gasteiger partial charge is 0.164 e. The summed E-state index contributed by atoms with van der Waals surface area (Å²) in [6.07, 6.45) is 8.39. The lowest BCUT2D eigenvalue weighted by Gasteiger charge is -2.31. The second-order valence-electron chi connectivity index (χ2n) is 6.22. The van der Waals surface area contributed by atoms with Crippen molar-refractivity contribution in [1.82, 2.24) is 20.1 Å². The molecule has 3 rings (SSSR count). The van der Waals surface area contributed by atoms with Crippen molar-refractivity contribution in [3.05, 3.63) is 12.2 Å². The van der Waals surface area contributed by atoms with Crippen molar-refractivity contribution >= 4 is 0 Å². The van der Waals surface area contributed by atoms with Crippen molar-refractivity contribution < 1.29 is 0 Å². The van der Waals surface area contributed by atoms with Gasteiger partial charge in [-0.3, -0.25) is 0 Å². The number of hydrogen-bond acceptors (Lipinski definition) is 3. The molecule has 0 bridgehead atoms. The van der Waals surface area contributed by atoms with Gasteiger partial charge in [0.25, 0.3) is 0 Å². The predicted molar refractivity (Wildman–Crippen MR) is 71.1 cm³/mol. The lowest BCUT2D eigenvalue weighted by molar-refractivity contribution is 0.200. The van der Waals surface area contributed by atoms with Crippen molar-refractivity contribution in [1.29, 1.82) is 0 Å². The quantitative estimate of drug-likeness (QED) is 0.890. The first-order valence-electron chi connectivity index (χ1n) is 7.36. The van der Waals surface area contributed by atoms with E-state index < -0.39 is 0 Å². The molecule has 0 radical (unpaired) electrons. The van der Waals surface area contributed by atoms with Crippen LogP contribution in [-0.2, 0) is 6.54 Å². The molecule has 1 N–H and O–H groups in total. The van der Waals surface area contributed by atoms with Crippen LogP contribution in [0.15, 0.2) is 6.33 Å². The zero-order chi connectivity index (χ0) is 12.5. The number of rotatable bonds is 4. The molecule has 0 aromatic carbocycles. The van der Waals surface area contributed by atoms with Crippen LogP contribution in [0.1, 0.15) is 57.8 Å². The van der Waals surface area contributed by atoms with Gasteiger partial charge in [0.15, 0.2) is 5.82 Å². The van der Waals surface area contributed by atoms with Crippen LogP contribution in [0.2, 0.25) is 0 Å². The molecule has 3 atom stereocenters. The van der Waals surface area contributed by atoms with Gasteiger partial charge >= 0.3 is 0 Å². The summed E-state index contributed by atoms with van der Waals surface area (Å²) in [5, 5.41) is 8.10. The van der Waals surface area contributed by atoms with Crippen LogP contribution in [0.3, 0.4) is 0 Å². The molecule has 0 spiro atoms. The van der Waals surface area contributed by atoms with Crippen molar-refractivity contribution in [3.63, 3.8) is 0 Å². The van der Waals surface area contributed by atoms with Crippen LogP contribution in [0, 0.1) is 11.8 Å². The van der Waals surface area contributed by atoms with Crippen LogP contribution in [-0.4, -0.2) is 20.8 Å². The molecule has 0 amide bonds. The molecule has 0 saturated heterocycles. The van der Waals surface area contributed by atoms with E-state index in [0.29, 0.717) is 6.04 Å². The van der Waals surface area contributed by atoms with Crippen LogP contribution < -0.4 is 5.32 Å². The number of nitrogens with one attached hydrogen (secondary N) is 1. The van der Waals surface area contributed by atoms with Gasteiger partial charge in [0, 0.05) is 6.04 Å². The van der Waals surface area contributed by atoms with Crippen molar-refractivity contribution in [3.8, 4) is 0 Å². The SMILES string of the molecule is CC1CCC(n2cnc(CNC3CC3)n2)CC1C. The van der Waals surface area contributed by atoms with Crippen LogP contribution in [0.5, 0.6) is 0 Å². The third-order valence-electron chi connectivity index (χ3n) is 4.63. The highest BCUT2D eigenvalue weighted by Gasteiger charge is 2.26. The summed E-state index contributed by atoms with van der Waals surface area (Å²) >= 11 is 0. The Morgan fingerprint density at radius 1 is 1.22 bits per heavy atom. The Kier molecular flexibility index (Phi) is 3.37. The molecular formula is C14H24N4. The summed E-state index contributed by atoms with van der Waals surface area (Å²) < 4.78 is 2.10. The number of hydrogen-bond donors (Lipinski definition) is 1. The Bertz CT molecular complexity index is 396. The molecule has 18 heavy (non-hydrogen) atoms. The highest BCUT2D eigenvalue weighted by molar-refractivity contribution is 4.89. The normalized spacial score (nSPS) is 32.7. The molecule has 2 aliphatic carbocycles. The second-order valence-corrected chi connectivity index (χ2v) is 6.22. The fraction of sp³-hybridized carbons (Fsp3) is 0.857. The molecule has 3 unspecified atom stereocenters. The van der Waals surface area contributed by atoms with Gasteiger partial charge in [-0.05, 0) is 43.9 Å². The molecule has 2 aliphatic rings. The van der Waals surface area contributed by atoms with E-state index >= 15 is 0 Å². The summed E-state index contributed by atoms with van der Waals surface area (Å²) in [5.74, 6) is 2.62. The summed E-state index contributed by atoms with van der Waals surface area (Å²) in [6.45, 7) is 5.56. The zero-order valence-electron chi connectivity index (χ0n) is 11.5. The monoisotopic (exact) mass is 248 g/mol. The maximum Gasteiger partial charge on any atom is 0.164 e. The topological polar surface area (TPSA) is 42.7 Å². The fourth-order valence-electron chi connectivity index (χ4n) is 2.85. The van der Waals surface area contributed by atoms with E-state index in [0.717, 1.165) is 30.2 Å². The summed E-state index contributed by atoms with van der Waals surface area (Å²) in [4.78, 5) is 4.42. The minimum Gasteiger partial charge on any atom is -0.307 e. The minimum absolute atomic E-state index is 0.568. The molecule has 1 aromatic heterocycles. The maximum atomic E-state index is 4.64. The Morgan fingerprint density at radius 3 is 2.78 bits per heavy atom. The standard InChI is InChI=1S/C14H24N4/c1-10-3-6-13(7-11(10)2)18-9-16-14(17-18)8-15-12-4-5-12/h9-13,15H,3-8H2,1-2H3. The van der Waals surface area contributed by atoms with Crippen molar-refractivity contribution in [2.24, 2.45) is 11.8 Å². The minimum atomic E-state index is 0.568. The first-order chi connectivity index (χ1) is 8.72. The predicted octanol–water partition coefficient (Wildman–Crippen LogP) is 2.53. The highest BCUT2D eigenvalue weighted by atomic mass is 15.3. The third-order valence-corrected chi connectivity index (χ3v) is 4.63. The number of nitrogens with zero attached hydrogens (tertiary/aromatic N) is 3. The number of aromatic nitrogens is 3. The van der Waals surface area contributed by atoms with Crippen LogP contribution in [0.4, 0.5) is 0 Å². The van der Waals surface area contributed by atoms with Gasteiger partial charge in [0.2, 0.25) is 0 Å². The van der Waals surface area contributed by atoms with E-state index in [-0.39, 0.29) is 0 Å². The van der Waals surface area contributed by atoms with Gasteiger partial charge in [-0.25, -0.2) is 9.67 Å². The van der Waals surface area contributed by atoms with E-state index in [9.17, 15) is 0 Å². The van der Waals surface area contributed by atoms with Gasteiger partial charge < -0.3 is 5.32 Å². The van der Waals surface area contributed by atoms with Crippen LogP contribution >= 0.6 is 0 Å². The fourth-order valence-corrected chi connectivity index (χ4v) is 2.85. The first kappa shape index (κ1) is 12.2. The second kappa shape index (κ2) is 5.00. The van der Waals surface area contributed by atoms with E-state index in [2.05, 4.69) is 33.9 Å². The van der Waals surface area contributed by atoms with E-state index in [4.69, 9.17) is 0 Å². The summed E-state index contributed by atoms with van der Waals surface area (Å²) in [6, 6.07) is 1.30. The average Bonchev–Trinajstić information content (AvgIpc) is 3.08. The highest BCUT2D eigenvalue weighted by Crippen LogP contribution is 2.35. The molecule has 0 aliphatic heterocycles. The zero-order valence-corrected chi connectivity index (χ0v) is 11.5. The Balaban J connectivity index is 1.58. The maximum absolute atomic E-state index is 4.64. The molecular weight excluding hydrogens is 224 g/mol. The van der Waals surface area contributed by atoms with Gasteiger partial charge in [0.05, 0.1) is 12.6 Å². The molecule has 2 saturated carbocycles. The lowest BCUT2D eigenvalue weighted by Crippen LogP contribution is -2.24. The lowest BCUT2D eigenvalue weighted by atomic mass is 9.79. The third kappa shape index (κ3) is 2.74. The van der Waals surface area contributed by atoms with E-state index in [1.807, 2.05) is 6.33 Å². The van der Waals surface area contributed by atoms with Crippen LogP contribution in [0.25, 0.3) is 0 Å². The molecule has 4 nitrogen and oxygen atoms in total. The summed E-state index contributed by atoms with van der Waals surface area (Å²) in [7, 11) is 0. The van der Waals surface area contributed by atoms with Gasteiger partial charge in [0.1, 0.15) is 6.33 Å². The largest absolute Gasteiger partial charge is 0.307 e. The molecule has 4 heteroatoms. The van der Waals surface area contributed by atoms with Crippen molar-refractivity contribution in [2.75, 3.05) is 0 Å². The Morgan fingerprint density at radius 2 is 2.06 bits per heavy atom. The summed E-state index contributed by atoms with van der Waals surface area (Å²) in [5.41, 5.74) is 0. The average molecular weight is 248 g/mol. The van der Waals surface area contributed by atoms with Crippen molar-refractivity contribution in [2.45, 2.75) is 64.6 Å². The van der Waals surface area contributed by atoms with Gasteiger partial charge in [-0.2, -0.15) is 5.10 Å². The Labute approximate surface area is 109 Å². The van der Waals surface area contributed by atoms with Gasteiger partial charge in [-0.15, -0.1) is 0 Å². The first-order valence-corrected chi connectivity index (χ1v) is 7.36. The van der Waals surface area contributed by atoms with E-state index in [1.54, 1.807) is 0 Å². The molecule has 1 heterocycles. The molecule has 100 valence electrons. The van der Waals surface area contributed by atoms with E-state index in [1.165, 1.54) is 32.1 Å². The van der Waals surface area contributed by atoms with Gasteiger partial charge in [-0.1, -0.05) is 13.8 Å². The Hall–Kier alpha value is -0.900. The molecule has 1 aromatic rings.